The van der Waals surface area contributed by atoms with Crippen molar-refractivity contribution in [1.29, 1.82) is 0 Å². The van der Waals surface area contributed by atoms with E-state index >= 15 is 0 Å². The van der Waals surface area contributed by atoms with Crippen LogP contribution in [-0.2, 0) is 9.53 Å². The lowest BCUT2D eigenvalue weighted by molar-refractivity contribution is -0.135. The van der Waals surface area contributed by atoms with Crippen molar-refractivity contribution in [2.75, 3.05) is 19.0 Å². The third-order valence-electron chi connectivity index (χ3n) is 2.53. The van der Waals surface area contributed by atoms with Crippen LogP contribution in [0.15, 0.2) is 28.7 Å². The summed E-state index contributed by atoms with van der Waals surface area (Å²) in [5, 5.41) is 1.69. The molecule has 0 saturated carbocycles. The van der Waals surface area contributed by atoms with Crippen molar-refractivity contribution in [2.24, 2.45) is 4.99 Å². The molecule has 5 nitrogen and oxygen atoms in total. The second-order valence-corrected chi connectivity index (χ2v) is 4.47. The van der Waals surface area contributed by atoms with Gasteiger partial charge in [0.15, 0.2) is 5.71 Å². The van der Waals surface area contributed by atoms with E-state index in [-0.39, 0.29) is 0 Å². The quantitative estimate of drug-likeness (QED) is 0.451. The molecule has 18 heavy (non-hydrogen) atoms. The lowest BCUT2D eigenvalue weighted by Gasteiger charge is -2.26. The number of hydrazine groups is 1. The highest BCUT2D eigenvalue weighted by Crippen LogP contribution is 2.27. The van der Waals surface area contributed by atoms with E-state index in [0.29, 0.717) is 37.0 Å². The van der Waals surface area contributed by atoms with Crippen LogP contribution >= 0.6 is 23.4 Å². The molecule has 0 aromatic heterocycles. The number of hydrogen-bond donors (Lipinski definition) is 0. The Bertz CT molecular complexity index is 446. The van der Waals surface area contributed by atoms with Gasteiger partial charge in [0.1, 0.15) is 5.82 Å². The summed E-state index contributed by atoms with van der Waals surface area (Å²) < 4.78 is 6.47. The molecule has 0 saturated heterocycles. The fourth-order valence-electron chi connectivity index (χ4n) is 1.73. The van der Waals surface area contributed by atoms with E-state index in [4.69, 9.17) is 28.1 Å². The van der Waals surface area contributed by atoms with Crippen LogP contribution in [0.5, 0.6) is 0 Å². The van der Waals surface area contributed by atoms with E-state index in [1.165, 1.54) is 4.53 Å². The van der Waals surface area contributed by atoms with Gasteiger partial charge in [-0.2, -0.15) is 0 Å². The third kappa shape index (κ3) is 2.53. The molecule has 0 N–H and O–H groups in total. The zero-order chi connectivity index (χ0) is 13.1. The van der Waals surface area contributed by atoms with Crippen molar-refractivity contribution < 1.29 is 9.53 Å². The smallest absolute Gasteiger partial charge is 0.357 e. The second-order valence-electron chi connectivity index (χ2n) is 3.70. The Morgan fingerprint density at radius 1 is 1.61 bits per heavy atom. The van der Waals surface area contributed by atoms with E-state index in [2.05, 4.69) is 4.99 Å². The van der Waals surface area contributed by atoms with Gasteiger partial charge in [0.05, 0.1) is 13.2 Å². The summed E-state index contributed by atoms with van der Waals surface area (Å²) in [6, 6.07) is 0. The summed E-state index contributed by atoms with van der Waals surface area (Å²) >= 11 is 11.7. The van der Waals surface area contributed by atoms with Gasteiger partial charge in [0, 0.05) is 29.4 Å². The molecule has 2 rings (SSSR count). The molecule has 0 bridgehead atoms. The number of carbonyl (C=O) groups is 1. The first-order valence-corrected chi connectivity index (χ1v) is 6.50. The lowest BCUT2D eigenvalue weighted by Crippen LogP contribution is -2.32. The maximum Gasteiger partial charge on any atom is 0.357 e. The second kappa shape index (κ2) is 5.73. The Hall–Kier alpha value is -1.04. The number of nitrogens with zero attached hydrogens (tertiary/aromatic N) is 3. The molecule has 0 amide bonds. The van der Waals surface area contributed by atoms with Gasteiger partial charge in [-0.05, 0) is 19.4 Å². The summed E-state index contributed by atoms with van der Waals surface area (Å²) in [5.41, 5.74) is 1.04. The highest BCUT2D eigenvalue weighted by molar-refractivity contribution is 6.43. The average Bonchev–Trinajstić information content (AvgIpc) is 2.71. The molecule has 0 aliphatic carbocycles. The number of aliphatic imine (C=N–C) groups is 1. The molecule has 0 atom stereocenters. The Morgan fingerprint density at radius 2 is 2.39 bits per heavy atom. The molecule has 0 radical (unpaired) electrons. The predicted octanol–water partition coefficient (Wildman–Crippen LogP) is 2.04. The number of hydrogen-bond acceptors (Lipinski definition) is 5. The van der Waals surface area contributed by atoms with Gasteiger partial charge in [0.2, 0.25) is 0 Å². The van der Waals surface area contributed by atoms with Crippen LogP contribution in [0.25, 0.3) is 0 Å². The van der Waals surface area contributed by atoms with Gasteiger partial charge >= 0.3 is 5.97 Å². The van der Waals surface area contributed by atoms with E-state index in [1.807, 2.05) is 6.08 Å². The number of ether oxygens (including phenoxy) is 1. The normalized spacial score (nSPS) is 19.1. The predicted molar refractivity (Wildman–Crippen MR) is 70.0 cm³/mol. The first-order chi connectivity index (χ1) is 8.67. The van der Waals surface area contributed by atoms with Gasteiger partial charge in [-0.3, -0.25) is 0 Å². The largest absolute Gasteiger partial charge is 0.461 e. The zero-order valence-corrected chi connectivity index (χ0v) is 11.4. The molecule has 0 aromatic rings. The first kappa shape index (κ1) is 13.4. The number of alkyl halides is 1. The SMILES string of the molecule is CCOC(=O)C1=NC2=CCN(Cl)N2C=C1CCCl. The Kier molecular flexibility index (Phi) is 4.27. The van der Waals surface area contributed by atoms with Crippen LogP contribution in [0.2, 0.25) is 0 Å². The van der Waals surface area contributed by atoms with Crippen LogP contribution in [-0.4, -0.2) is 40.2 Å². The molecule has 2 heterocycles. The topological polar surface area (TPSA) is 45.1 Å². The van der Waals surface area contributed by atoms with Crippen LogP contribution in [0.4, 0.5) is 0 Å². The minimum atomic E-state index is -0.428. The highest BCUT2D eigenvalue weighted by Gasteiger charge is 2.29. The van der Waals surface area contributed by atoms with Crippen molar-refractivity contribution >= 4 is 35.1 Å². The third-order valence-corrected chi connectivity index (χ3v) is 3.02. The molecule has 0 spiro atoms. The number of esters is 1. The van der Waals surface area contributed by atoms with Gasteiger partial charge in [-0.25, -0.2) is 14.8 Å². The van der Waals surface area contributed by atoms with Crippen molar-refractivity contribution in [2.45, 2.75) is 13.3 Å². The van der Waals surface area contributed by atoms with Crippen LogP contribution in [0, 0.1) is 0 Å². The number of fused-ring (bicyclic) bond motifs is 1. The molecule has 0 unspecified atom stereocenters. The molecule has 0 aromatic carbocycles. The summed E-state index contributed by atoms with van der Waals surface area (Å²) in [7, 11) is 0. The van der Waals surface area contributed by atoms with Crippen molar-refractivity contribution in [3.05, 3.63) is 23.7 Å². The summed E-state index contributed by atoms with van der Waals surface area (Å²) in [4.78, 5) is 16.1. The summed E-state index contributed by atoms with van der Waals surface area (Å²) in [6.07, 6.45) is 4.14. The number of carbonyl (C=O) groups excluding carboxylic acids is 1. The number of rotatable bonds is 4. The van der Waals surface area contributed by atoms with E-state index in [0.717, 1.165) is 5.57 Å². The molecule has 2 aliphatic rings. The average molecular weight is 290 g/mol. The van der Waals surface area contributed by atoms with Gasteiger partial charge in [0.25, 0.3) is 0 Å². The maximum absolute atomic E-state index is 11.8. The minimum absolute atomic E-state index is 0.312. The molecular weight excluding hydrogens is 277 g/mol. The maximum atomic E-state index is 11.8. The van der Waals surface area contributed by atoms with Crippen LogP contribution in [0.3, 0.4) is 0 Å². The molecule has 7 heteroatoms. The van der Waals surface area contributed by atoms with Crippen LogP contribution < -0.4 is 0 Å². The molecular formula is C11H13Cl2N3O2. The fourth-order valence-corrected chi connectivity index (χ4v) is 2.13. The van der Waals surface area contributed by atoms with E-state index in [9.17, 15) is 4.79 Å². The van der Waals surface area contributed by atoms with Crippen molar-refractivity contribution in [3.63, 3.8) is 0 Å². The molecule has 2 aliphatic heterocycles. The summed E-state index contributed by atoms with van der Waals surface area (Å²) in [6.45, 7) is 2.62. The summed E-state index contributed by atoms with van der Waals surface area (Å²) in [5.74, 6) is 0.605. The van der Waals surface area contributed by atoms with Crippen molar-refractivity contribution in [1.82, 2.24) is 9.54 Å². The molecule has 0 fully saturated rings. The van der Waals surface area contributed by atoms with Gasteiger partial charge in [-0.1, -0.05) is 0 Å². The zero-order valence-electron chi connectivity index (χ0n) is 9.90. The Labute approximate surface area is 115 Å². The van der Waals surface area contributed by atoms with E-state index in [1.54, 1.807) is 18.1 Å². The number of halogens is 2. The van der Waals surface area contributed by atoms with Gasteiger partial charge < -0.3 is 4.74 Å². The van der Waals surface area contributed by atoms with Crippen molar-refractivity contribution in [3.8, 4) is 0 Å². The van der Waals surface area contributed by atoms with E-state index < -0.39 is 5.97 Å². The van der Waals surface area contributed by atoms with Crippen LogP contribution in [0.1, 0.15) is 13.3 Å². The first-order valence-electron chi connectivity index (χ1n) is 5.62. The standard InChI is InChI=1S/C11H13Cl2N3O2/c1-2-18-11(17)10-8(3-5-12)7-15-9(14-10)4-6-16(15)13/h4,7H,2-3,5-6H2,1H3. The van der Waals surface area contributed by atoms with Gasteiger partial charge in [-0.15, -0.1) is 16.1 Å². The molecule has 98 valence electrons. The fraction of sp³-hybridized carbons (Fsp3) is 0.455. The highest BCUT2D eigenvalue weighted by atomic mass is 35.5. The lowest BCUT2D eigenvalue weighted by atomic mass is 10.1. The minimum Gasteiger partial charge on any atom is -0.461 e. The Morgan fingerprint density at radius 3 is 3.06 bits per heavy atom. The Balaban J connectivity index is 2.28. The monoisotopic (exact) mass is 289 g/mol.